The van der Waals surface area contributed by atoms with E-state index in [4.69, 9.17) is 9.41 Å². The molecule has 2 rings (SSSR count). The van der Waals surface area contributed by atoms with Gasteiger partial charge in [0.05, 0.1) is 6.04 Å². The Morgan fingerprint density at radius 3 is 2.78 bits per heavy atom. The first-order valence-corrected chi connectivity index (χ1v) is 7.48. The van der Waals surface area contributed by atoms with Crippen LogP contribution in [-0.4, -0.2) is 16.5 Å². The van der Waals surface area contributed by atoms with Gasteiger partial charge in [-0.1, -0.05) is 18.7 Å². The van der Waals surface area contributed by atoms with Gasteiger partial charge in [-0.05, 0) is 40.2 Å². The topological polar surface area (TPSA) is 37.5 Å². The van der Waals surface area contributed by atoms with Crippen LogP contribution in [0.3, 0.4) is 0 Å². The van der Waals surface area contributed by atoms with Gasteiger partial charge in [0.1, 0.15) is 11.5 Å². The van der Waals surface area contributed by atoms with Crippen molar-refractivity contribution >= 4 is 16.9 Å². The van der Waals surface area contributed by atoms with E-state index < -0.39 is 0 Å². The number of nitrogens with one attached hydrogen (secondary N) is 1. The summed E-state index contributed by atoms with van der Waals surface area (Å²) in [6.07, 6.45) is 1.12. The normalized spacial score (nSPS) is 27.5. The third kappa shape index (κ3) is 2.74. The highest BCUT2D eigenvalue weighted by Gasteiger charge is 2.31. The molecule has 2 atom stereocenters. The molecule has 0 radical (unpaired) electrons. The lowest BCUT2D eigenvalue weighted by Gasteiger charge is -2.21. The zero-order valence-corrected chi connectivity index (χ0v) is 12.6. The summed E-state index contributed by atoms with van der Waals surface area (Å²) < 4.78 is 5.57. The van der Waals surface area contributed by atoms with Crippen molar-refractivity contribution in [1.29, 1.82) is 0 Å². The van der Waals surface area contributed by atoms with Crippen molar-refractivity contribution in [2.75, 3.05) is 5.75 Å². The number of amidine groups is 1. The summed E-state index contributed by atoms with van der Waals surface area (Å²) in [5, 5.41) is 4.59. The van der Waals surface area contributed by atoms with Crippen molar-refractivity contribution in [2.45, 2.75) is 52.6 Å². The molecule has 1 N–H and O–H groups in total. The Morgan fingerprint density at radius 2 is 2.28 bits per heavy atom. The molecule has 0 spiro atoms. The second-order valence-corrected chi connectivity index (χ2v) is 6.27. The molecule has 1 fully saturated rings. The van der Waals surface area contributed by atoms with Gasteiger partial charge in [0.2, 0.25) is 0 Å². The number of aliphatic imine (C=N–C) groups is 1. The number of thioether (sulfide) groups is 1. The molecule has 1 aliphatic rings. The summed E-state index contributed by atoms with van der Waals surface area (Å²) in [5.74, 6) is 3.03. The minimum atomic E-state index is 0.150. The Kier molecular flexibility index (Phi) is 3.76. The summed E-state index contributed by atoms with van der Waals surface area (Å²) in [5.41, 5.74) is 1.39. The van der Waals surface area contributed by atoms with E-state index in [0.717, 1.165) is 28.9 Å². The minimum absolute atomic E-state index is 0.150. The lowest BCUT2D eigenvalue weighted by atomic mass is 10.0. The number of aryl methyl sites for hydroxylation is 2. The monoisotopic (exact) mass is 266 g/mol. The lowest BCUT2D eigenvalue weighted by Crippen LogP contribution is -2.39. The maximum atomic E-state index is 5.57. The van der Waals surface area contributed by atoms with Crippen LogP contribution in [0.2, 0.25) is 0 Å². The SMILES string of the molecule is CCC1(C)CSC(=NC(C)c2cc(C)oc2C)N1. The van der Waals surface area contributed by atoms with Crippen LogP contribution in [0, 0.1) is 13.8 Å². The van der Waals surface area contributed by atoms with E-state index in [2.05, 4.69) is 32.2 Å². The smallest absolute Gasteiger partial charge is 0.157 e. The molecule has 2 heterocycles. The quantitative estimate of drug-likeness (QED) is 0.903. The van der Waals surface area contributed by atoms with Crippen LogP contribution in [0.1, 0.15) is 50.3 Å². The highest BCUT2D eigenvalue weighted by Crippen LogP contribution is 2.29. The number of rotatable bonds is 3. The summed E-state index contributed by atoms with van der Waals surface area (Å²) >= 11 is 1.82. The fourth-order valence-electron chi connectivity index (χ4n) is 2.13. The number of furan rings is 1. The van der Waals surface area contributed by atoms with E-state index in [1.54, 1.807) is 0 Å². The summed E-state index contributed by atoms with van der Waals surface area (Å²) in [6, 6.07) is 2.24. The van der Waals surface area contributed by atoms with Gasteiger partial charge >= 0.3 is 0 Å². The number of hydrogen-bond acceptors (Lipinski definition) is 3. The Balaban J connectivity index is 2.12. The highest BCUT2D eigenvalue weighted by molar-refractivity contribution is 8.14. The molecule has 1 aliphatic heterocycles. The molecule has 0 aliphatic carbocycles. The van der Waals surface area contributed by atoms with Gasteiger partial charge in [-0.25, -0.2) is 0 Å². The van der Waals surface area contributed by atoms with E-state index in [1.807, 2.05) is 25.6 Å². The maximum absolute atomic E-state index is 5.57. The van der Waals surface area contributed by atoms with Gasteiger partial charge < -0.3 is 9.73 Å². The molecule has 0 saturated carbocycles. The van der Waals surface area contributed by atoms with Gasteiger partial charge in [0.25, 0.3) is 0 Å². The van der Waals surface area contributed by atoms with Crippen LogP contribution in [0.5, 0.6) is 0 Å². The molecule has 0 bridgehead atoms. The van der Waals surface area contributed by atoms with Crippen molar-refractivity contribution in [3.8, 4) is 0 Å². The summed E-state index contributed by atoms with van der Waals surface area (Å²) in [4.78, 5) is 4.77. The van der Waals surface area contributed by atoms with Crippen molar-refractivity contribution in [2.24, 2.45) is 4.99 Å². The third-order valence-electron chi connectivity index (χ3n) is 3.56. The first kappa shape index (κ1) is 13.5. The Hall–Kier alpha value is -0.900. The van der Waals surface area contributed by atoms with Crippen LogP contribution in [-0.2, 0) is 0 Å². The Bertz CT molecular complexity index is 466. The molecule has 1 saturated heterocycles. The molecule has 2 unspecified atom stereocenters. The van der Waals surface area contributed by atoms with Crippen LogP contribution in [0.15, 0.2) is 15.5 Å². The van der Waals surface area contributed by atoms with Crippen molar-refractivity contribution in [3.63, 3.8) is 0 Å². The summed E-state index contributed by atoms with van der Waals surface area (Å²) in [7, 11) is 0. The molecule has 1 aromatic rings. The predicted molar refractivity (Wildman–Crippen MR) is 78.3 cm³/mol. The van der Waals surface area contributed by atoms with Crippen molar-refractivity contribution in [1.82, 2.24) is 5.32 Å². The van der Waals surface area contributed by atoms with E-state index in [0.29, 0.717) is 0 Å². The van der Waals surface area contributed by atoms with Crippen LogP contribution in [0.25, 0.3) is 0 Å². The van der Waals surface area contributed by atoms with Crippen molar-refractivity contribution in [3.05, 3.63) is 23.2 Å². The highest BCUT2D eigenvalue weighted by atomic mass is 32.2. The van der Waals surface area contributed by atoms with Gasteiger partial charge in [-0.2, -0.15) is 0 Å². The Morgan fingerprint density at radius 1 is 1.56 bits per heavy atom. The average Bonchev–Trinajstić information content (AvgIpc) is 2.83. The molecule has 4 heteroatoms. The average molecular weight is 266 g/mol. The fraction of sp³-hybridized carbons (Fsp3) is 0.643. The standard InChI is InChI=1S/C14H22N2OS/c1-6-14(5)8-18-13(16-14)15-10(3)12-7-9(2)17-11(12)4/h7,10H,6,8H2,1-5H3,(H,15,16). The zero-order chi connectivity index (χ0) is 13.3. The first-order valence-electron chi connectivity index (χ1n) is 6.49. The molecular weight excluding hydrogens is 244 g/mol. The summed E-state index contributed by atoms with van der Waals surface area (Å²) in [6.45, 7) is 10.6. The van der Waals surface area contributed by atoms with E-state index in [1.165, 1.54) is 5.56 Å². The van der Waals surface area contributed by atoms with Crippen LogP contribution >= 0.6 is 11.8 Å². The maximum Gasteiger partial charge on any atom is 0.157 e. The van der Waals surface area contributed by atoms with Gasteiger partial charge in [0.15, 0.2) is 5.17 Å². The lowest BCUT2D eigenvalue weighted by molar-refractivity contribution is 0.465. The van der Waals surface area contributed by atoms with E-state index >= 15 is 0 Å². The molecule has 100 valence electrons. The molecule has 0 amide bonds. The largest absolute Gasteiger partial charge is 0.466 e. The number of hydrogen-bond donors (Lipinski definition) is 1. The number of nitrogens with zero attached hydrogens (tertiary/aromatic N) is 1. The molecular formula is C14H22N2OS. The molecule has 3 nitrogen and oxygen atoms in total. The minimum Gasteiger partial charge on any atom is -0.466 e. The first-order chi connectivity index (χ1) is 8.43. The van der Waals surface area contributed by atoms with E-state index in [9.17, 15) is 0 Å². The Labute approximate surface area is 113 Å². The van der Waals surface area contributed by atoms with Crippen molar-refractivity contribution < 1.29 is 4.42 Å². The van der Waals surface area contributed by atoms with E-state index in [-0.39, 0.29) is 11.6 Å². The second kappa shape index (κ2) is 5.00. The molecule has 18 heavy (non-hydrogen) atoms. The van der Waals surface area contributed by atoms with Gasteiger partial charge in [-0.3, -0.25) is 4.99 Å². The molecule has 1 aromatic heterocycles. The zero-order valence-electron chi connectivity index (χ0n) is 11.8. The third-order valence-corrected chi connectivity index (χ3v) is 4.82. The fourth-order valence-corrected chi connectivity index (χ4v) is 3.41. The second-order valence-electron chi connectivity index (χ2n) is 5.31. The van der Waals surface area contributed by atoms with Crippen LogP contribution < -0.4 is 5.32 Å². The predicted octanol–water partition coefficient (Wildman–Crippen LogP) is 3.82. The van der Waals surface area contributed by atoms with Crippen LogP contribution in [0.4, 0.5) is 0 Å². The van der Waals surface area contributed by atoms with Gasteiger partial charge in [0, 0.05) is 16.9 Å². The molecule has 0 aromatic carbocycles. The van der Waals surface area contributed by atoms with Gasteiger partial charge in [-0.15, -0.1) is 0 Å².